The first-order valence-corrected chi connectivity index (χ1v) is 12.8. The third-order valence-electron chi connectivity index (χ3n) is 6.34. The summed E-state index contributed by atoms with van der Waals surface area (Å²) in [4.78, 5) is 38.7. The number of carboxylic acid groups (broad SMARTS) is 1. The maximum absolute atomic E-state index is 13.6. The Balaban J connectivity index is 2.03. The van der Waals surface area contributed by atoms with Crippen molar-refractivity contribution in [2.75, 3.05) is 31.0 Å². The Bertz CT molecular complexity index is 1370. The molecule has 10 nitrogen and oxygen atoms in total. The van der Waals surface area contributed by atoms with Gasteiger partial charge in [0.2, 0.25) is 5.72 Å². The van der Waals surface area contributed by atoms with Crippen LogP contribution in [0.4, 0.5) is 16.2 Å². The lowest BCUT2D eigenvalue weighted by molar-refractivity contribution is -0.163. The van der Waals surface area contributed by atoms with E-state index in [9.17, 15) is 24.6 Å². The van der Waals surface area contributed by atoms with E-state index < -0.39 is 23.6 Å². The molecule has 0 heterocycles. The SMILES string of the molecule is CCOCC[C@@](O)(NC(=O)c1c(NC(=O)Nc2c(C)cc(C)cc2C)cccc1-c1ccc(OC)cc1)C(=O)O. The molecular formula is C30H35N3O7. The standard InChI is InChI=1S/C30H35N3O7/c1-6-40-15-14-30(38,28(35)36)33-27(34)25-23(21-10-12-22(39-5)13-11-21)8-7-9-24(25)31-29(37)32-26-19(3)16-18(2)17-20(26)4/h7-13,16-17,38H,6,14-15H2,1-5H3,(H,33,34)(H,35,36)(H2,31,32,37)/t30-/m0/s1. The van der Waals surface area contributed by atoms with Crippen molar-refractivity contribution in [1.29, 1.82) is 0 Å². The van der Waals surface area contributed by atoms with Gasteiger partial charge < -0.3 is 35.6 Å². The molecule has 0 fully saturated rings. The van der Waals surface area contributed by atoms with E-state index in [2.05, 4.69) is 16.0 Å². The van der Waals surface area contributed by atoms with Crippen molar-refractivity contribution in [1.82, 2.24) is 5.32 Å². The Morgan fingerprint density at radius 2 is 1.60 bits per heavy atom. The van der Waals surface area contributed by atoms with Gasteiger partial charge in [-0.3, -0.25) is 4.79 Å². The highest BCUT2D eigenvalue weighted by atomic mass is 16.5. The van der Waals surface area contributed by atoms with E-state index in [1.807, 2.05) is 32.9 Å². The van der Waals surface area contributed by atoms with Gasteiger partial charge >= 0.3 is 12.0 Å². The van der Waals surface area contributed by atoms with E-state index in [4.69, 9.17) is 9.47 Å². The second kappa shape index (κ2) is 13.1. The molecule has 0 aromatic heterocycles. The van der Waals surface area contributed by atoms with Crippen molar-refractivity contribution < 1.29 is 34.1 Å². The molecule has 1 atom stereocenters. The van der Waals surface area contributed by atoms with Crippen LogP contribution >= 0.6 is 0 Å². The van der Waals surface area contributed by atoms with Crippen LogP contribution in [0.5, 0.6) is 5.75 Å². The molecule has 3 aromatic rings. The monoisotopic (exact) mass is 549 g/mol. The predicted molar refractivity (Wildman–Crippen MR) is 153 cm³/mol. The van der Waals surface area contributed by atoms with Gasteiger partial charge in [0.05, 0.1) is 25.0 Å². The average molecular weight is 550 g/mol. The number of carbonyl (C=O) groups is 3. The van der Waals surface area contributed by atoms with Crippen LogP contribution in [0.1, 0.15) is 40.4 Å². The summed E-state index contributed by atoms with van der Waals surface area (Å²) in [6, 6.07) is 15.0. The Morgan fingerprint density at radius 1 is 0.950 bits per heavy atom. The van der Waals surface area contributed by atoms with Gasteiger partial charge in [0.15, 0.2) is 0 Å². The summed E-state index contributed by atoms with van der Waals surface area (Å²) in [6.07, 6.45) is -0.387. The van der Waals surface area contributed by atoms with Crippen LogP contribution in [0.25, 0.3) is 11.1 Å². The molecule has 0 aliphatic rings. The van der Waals surface area contributed by atoms with E-state index in [0.717, 1.165) is 16.7 Å². The maximum Gasteiger partial charge on any atom is 0.357 e. The number of nitrogens with one attached hydrogen (secondary N) is 3. The summed E-state index contributed by atoms with van der Waals surface area (Å²) in [7, 11) is 1.53. The fourth-order valence-electron chi connectivity index (χ4n) is 4.39. The van der Waals surface area contributed by atoms with E-state index >= 15 is 0 Å². The van der Waals surface area contributed by atoms with Crippen LogP contribution in [0.3, 0.4) is 0 Å². The Labute approximate surface area is 233 Å². The average Bonchev–Trinajstić information content (AvgIpc) is 2.90. The van der Waals surface area contributed by atoms with Crippen molar-refractivity contribution in [2.24, 2.45) is 0 Å². The fraction of sp³-hybridized carbons (Fsp3) is 0.300. The zero-order valence-corrected chi connectivity index (χ0v) is 23.3. The molecule has 40 heavy (non-hydrogen) atoms. The highest BCUT2D eigenvalue weighted by molar-refractivity contribution is 6.11. The lowest BCUT2D eigenvalue weighted by Crippen LogP contribution is -2.55. The van der Waals surface area contributed by atoms with Crippen molar-refractivity contribution >= 4 is 29.3 Å². The van der Waals surface area contributed by atoms with E-state index in [1.54, 1.807) is 43.3 Å². The topological polar surface area (TPSA) is 146 Å². The van der Waals surface area contributed by atoms with Gasteiger partial charge in [0.1, 0.15) is 5.75 Å². The van der Waals surface area contributed by atoms with Crippen molar-refractivity contribution in [3.8, 4) is 16.9 Å². The van der Waals surface area contributed by atoms with Gasteiger partial charge in [-0.1, -0.05) is 42.0 Å². The smallest absolute Gasteiger partial charge is 0.357 e. The number of aryl methyl sites for hydroxylation is 3. The second-order valence-corrected chi connectivity index (χ2v) is 9.38. The number of ether oxygens (including phenoxy) is 2. The fourth-order valence-corrected chi connectivity index (χ4v) is 4.39. The number of hydrogen-bond donors (Lipinski definition) is 5. The van der Waals surface area contributed by atoms with Gasteiger partial charge in [-0.2, -0.15) is 0 Å². The van der Waals surface area contributed by atoms with Crippen LogP contribution in [0, 0.1) is 20.8 Å². The van der Waals surface area contributed by atoms with E-state index in [0.29, 0.717) is 29.2 Å². The highest BCUT2D eigenvalue weighted by Gasteiger charge is 2.38. The number of carbonyl (C=O) groups excluding carboxylic acids is 2. The molecule has 0 aliphatic carbocycles. The lowest BCUT2D eigenvalue weighted by Gasteiger charge is -2.26. The summed E-state index contributed by atoms with van der Waals surface area (Å²) in [5.41, 5.74) is 1.93. The summed E-state index contributed by atoms with van der Waals surface area (Å²) < 4.78 is 10.4. The van der Waals surface area contributed by atoms with E-state index in [-0.39, 0.29) is 24.3 Å². The maximum atomic E-state index is 13.6. The molecule has 0 aliphatic heterocycles. The van der Waals surface area contributed by atoms with Gasteiger partial charge in [0, 0.05) is 18.7 Å². The number of urea groups is 1. The Hall–Kier alpha value is -4.41. The molecule has 0 radical (unpaired) electrons. The molecule has 10 heteroatoms. The molecule has 3 amide bonds. The number of hydrogen-bond acceptors (Lipinski definition) is 6. The third kappa shape index (κ3) is 7.16. The van der Waals surface area contributed by atoms with Crippen LogP contribution in [0.2, 0.25) is 0 Å². The molecule has 0 saturated heterocycles. The number of aliphatic hydroxyl groups is 1. The quantitative estimate of drug-likeness (QED) is 0.170. The zero-order chi connectivity index (χ0) is 29.4. The number of amides is 3. The van der Waals surface area contributed by atoms with Crippen LogP contribution in [-0.2, 0) is 9.53 Å². The minimum atomic E-state index is -2.60. The Morgan fingerprint density at radius 3 is 2.17 bits per heavy atom. The summed E-state index contributed by atoms with van der Waals surface area (Å²) in [5.74, 6) is -1.94. The summed E-state index contributed by atoms with van der Waals surface area (Å²) in [6.45, 7) is 7.68. The molecule has 5 N–H and O–H groups in total. The minimum absolute atomic E-state index is 0.0312. The van der Waals surface area contributed by atoms with Gasteiger partial charge in [-0.05, 0) is 68.1 Å². The lowest BCUT2D eigenvalue weighted by atomic mass is 9.96. The number of benzene rings is 3. The molecule has 0 spiro atoms. The summed E-state index contributed by atoms with van der Waals surface area (Å²) in [5, 5.41) is 28.3. The number of aliphatic carboxylic acids is 1. The van der Waals surface area contributed by atoms with Crippen LogP contribution in [0.15, 0.2) is 54.6 Å². The predicted octanol–water partition coefficient (Wildman–Crippen LogP) is 4.86. The van der Waals surface area contributed by atoms with Crippen LogP contribution in [-0.4, -0.2) is 54.2 Å². The molecule has 0 bridgehead atoms. The van der Waals surface area contributed by atoms with Crippen molar-refractivity contribution in [2.45, 2.75) is 39.8 Å². The van der Waals surface area contributed by atoms with Crippen LogP contribution < -0.4 is 20.7 Å². The highest BCUT2D eigenvalue weighted by Crippen LogP contribution is 2.32. The number of methoxy groups -OCH3 is 1. The number of anilines is 2. The first-order chi connectivity index (χ1) is 19.0. The molecule has 3 rings (SSSR count). The molecule has 212 valence electrons. The first-order valence-electron chi connectivity index (χ1n) is 12.8. The number of rotatable bonds is 11. The second-order valence-electron chi connectivity index (χ2n) is 9.38. The Kier molecular flexibility index (Phi) is 9.87. The van der Waals surface area contributed by atoms with Crippen molar-refractivity contribution in [3.63, 3.8) is 0 Å². The molecule has 0 unspecified atom stereocenters. The molecule has 3 aromatic carbocycles. The largest absolute Gasteiger partial charge is 0.497 e. The third-order valence-corrected chi connectivity index (χ3v) is 6.34. The molecular weight excluding hydrogens is 514 g/mol. The molecule has 0 saturated carbocycles. The van der Waals surface area contributed by atoms with Crippen molar-refractivity contribution in [3.05, 3.63) is 76.9 Å². The van der Waals surface area contributed by atoms with Gasteiger partial charge in [0.25, 0.3) is 5.91 Å². The zero-order valence-electron chi connectivity index (χ0n) is 23.3. The summed E-state index contributed by atoms with van der Waals surface area (Å²) >= 11 is 0. The normalized spacial score (nSPS) is 12.2. The van der Waals surface area contributed by atoms with Gasteiger partial charge in [-0.15, -0.1) is 0 Å². The number of carboxylic acids is 1. The minimum Gasteiger partial charge on any atom is -0.497 e. The van der Waals surface area contributed by atoms with E-state index in [1.165, 1.54) is 13.2 Å². The van der Waals surface area contributed by atoms with Gasteiger partial charge in [-0.25, -0.2) is 9.59 Å². The first kappa shape index (κ1) is 30.1.